The zero-order chi connectivity index (χ0) is 30.1. The number of carbonyl (C=O) groups excluding carboxylic acids is 1. The number of rotatable bonds is 7. The van der Waals surface area contributed by atoms with Crippen LogP contribution in [0.3, 0.4) is 0 Å². The molecule has 0 spiro atoms. The van der Waals surface area contributed by atoms with E-state index < -0.39 is 16.5 Å². The van der Waals surface area contributed by atoms with Crippen molar-refractivity contribution in [2.75, 3.05) is 13.7 Å². The van der Waals surface area contributed by atoms with Crippen LogP contribution in [0, 0.1) is 0 Å². The summed E-state index contributed by atoms with van der Waals surface area (Å²) in [7, 11) is -0.509. The predicted molar refractivity (Wildman–Crippen MR) is 168 cm³/mol. The van der Waals surface area contributed by atoms with E-state index in [0.29, 0.717) is 18.6 Å². The number of amides is 1. The van der Waals surface area contributed by atoms with Gasteiger partial charge in [0.25, 0.3) is 0 Å². The number of fused-ring (bicyclic) bond motifs is 2. The maximum absolute atomic E-state index is 12.8. The maximum atomic E-state index is 12.8. The molecular formula is C34H39N3O4S. The monoisotopic (exact) mass is 585 g/mol. The molecule has 5 rings (SSSR count). The van der Waals surface area contributed by atoms with Crippen LogP contribution in [0.4, 0.5) is 0 Å². The minimum absolute atomic E-state index is 0.0425. The molecule has 4 aromatic rings. The van der Waals surface area contributed by atoms with Crippen molar-refractivity contribution < 1.29 is 17.9 Å². The summed E-state index contributed by atoms with van der Waals surface area (Å²) in [6.45, 7) is 7.82. The lowest BCUT2D eigenvalue weighted by molar-refractivity contribution is -0.122. The van der Waals surface area contributed by atoms with Crippen LogP contribution in [0.2, 0.25) is 0 Å². The van der Waals surface area contributed by atoms with Crippen molar-refractivity contribution in [3.8, 4) is 5.75 Å². The second-order valence-corrected chi connectivity index (χ2v) is 12.1. The van der Waals surface area contributed by atoms with Gasteiger partial charge in [0.2, 0.25) is 5.91 Å². The van der Waals surface area contributed by atoms with Crippen LogP contribution in [0.25, 0.3) is 10.8 Å². The van der Waals surface area contributed by atoms with E-state index in [4.69, 9.17) is 4.74 Å². The first-order chi connectivity index (χ1) is 20.1. The van der Waals surface area contributed by atoms with E-state index in [0.717, 1.165) is 23.4 Å². The molecule has 2 unspecified atom stereocenters. The van der Waals surface area contributed by atoms with Gasteiger partial charge in [-0.2, -0.15) is 12.8 Å². The van der Waals surface area contributed by atoms with Crippen LogP contribution < -0.4 is 10.1 Å². The lowest BCUT2D eigenvalue weighted by Crippen LogP contribution is -2.37. The quantitative estimate of drug-likeness (QED) is 0.255. The van der Waals surface area contributed by atoms with Gasteiger partial charge in [0.05, 0.1) is 19.1 Å². The summed E-state index contributed by atoms with van der Waals surface area (Å²) in [5, 5.41) is 5.66. The largest absolute Gasteiger partial charge is 0.493 e. The summed E-state index contributed by atoms with van der Waals surface area (Å²) in [6, 6.07) is 30.9. The summed E-state index contributed by atoms with van der Waals surface area (Å²) in [4.78, 5) is 15.1. The van der Waals surface area contributed by atoms with Crippen LogP contribution in [0.15, 0.2) is 101 Å². The van der Waals surface area contributed by atoms with Gasteiger partial charge in [0.1, 0.15) is 11.8 Å². The van der Waals surface area contributed by atoms with Crippen LogP contribution >= 0.6 is 0 Å². The molecule has 1 aliphatic heterocycles. The lowest BCUT2D eigenvalue weighted by atomic mass is 9.97. The van der Waals surface area contributed by atoms with Crippen LogP contribution in [0.1, 0.15) is 62.4 Å². The Hall–Kier alpha value is -4.01. The highest BCUT2D eigenvalue weighted by atomic mass is 32.2. The Bertz CT molecular complexity index is 1560. The third-order valence-electron chi connectivity index (χ3n) is 7.45. The van der Waals surface area contributed by atoms with Crippen molar-refractivity contribution in [1.29, 1.82) is 0 Å². The fraction of sp³-hybridized carbons (Fsp3) is 0.324. The van der Waals surface area contributed by atoms with E-state index in [-0.39, 0.29) is 23.9 Å². The van der Waals surface area contributed by atoms with Gasteiger partial charge in [-0.3, -0.25) is 9.69 Å². The molecular weight excluding hydrogens is 546 g/mol. The van der Waals surface area contributed by atoms with Crippen molar-refractivity contribution in [2.45, 2.75) is 57.8 Å². The Labute approximate surface area is 250 Å². The smallest absolute Gasteiger partial charge is 0.311 e. The predicted octanol–water partition coefficient (Wildman–Crippen LogP) is 6.89. The van der Waals surface area contributed by atoms with Crippen molar-refractivity contribution in [3.05, 3.63) is 114 Å². The fourth-order valence-electron chi connectivity index (χ4n) is 4.75. The summed E-state index contributed by atoms with van der Waals surface area (Å²) in [5.74, 6) is 0.536. The molecule has 0 saturated carbocycles. The molecule has 0 fully saturated rings. The number of nitrogens with one attached hydrogen (secondary N) is 1. The van der Waals surface area contributed by atoms with Crippen LogP contribution in [-0.2, 0) is 21.8 Å². The van der Waals surface area contributed by atoms with Crippen molar-refractivity contribution in [3.63, 3.8) is 0 Å². The second kappa shape index (κ2) is 14.2. The number of carbonyl (C=O) groups is 1. The molecule has 4 aromatic carbocycles. The number of hydrogen-bond donors (Lipinski definition) is 1. The summed E-state index contributed by atoms with van der Waals surface area (Å²) < 4.78 is 31.9. The van der Waals surface area contributed by atoms with E-state index in [1.165, 1.54) is 10.8 Å². The van der Waals surface area contributed by atoms with Gasteiger partial charge in [0.15, 0.2) is 0 Å². The molecule has 1 aliphatic rings. The molecule has 220 valence electrons. The topological polar surface area (TPSA) is 88.1 Å². The van der Waals surface area contributed by atoms with Crippen molar-refractivity contribution in [1.82, 2.24) is 10.2 Å². The van der Waals surface area contributed by atoms with E-state index in [9.17, 15) is 13.2 Å². The average Bonchev–Trinajstić information content (AvgIpc) is 2.97. The standard InChI is InChI=1S/C24H31N3O4S.C10H8/c1-24(2,3)27(4)16-17-10-11-19-20(12-13-31-22(19)14-17)25-23(28)15-21(26-32(29)30)18-8-6-5-7-9-18;1-2-6-10-8-4-3-7-9(10)5-1/h5-11,14,20-21H,12-13,15-16H2,1-4H3,(H,25,28);1-8H. The first kappa shape index (κ1) is 30.9. The highest BCUT2D eigenvalue weighted by Gasteiger charge is 2.26. The zero-order valence-corrected chi connectivity index (χ0v) is 25.5. The van der Waals surface area contributed by atoms with E-state index in [1.807, 2.05) is 18.2 Å². The van der Waals surface area contributed by atoms with E-state index >= 15 is 0 Å². The Morgan fingerprint density at radius 1 is 0.952 bits per heavy atom. The maximum Gasteiger partial charge on any atom is 0.311 e. The molecule has 0 aliphatic carbocycles. The van der Waals surface area contributed by atoms with Gasteiger partial charge in [-0.25, -0.2) is 0 Å². The molecule has 0 radical (unpaired) electrons. The molecule has 0 saturated heterocycles. The summed E-state index contributed by atoms with van der Waals surface area (Å²) in [5.41, 5.74) is 2.83. The van der Waals surface area contributed by atoms with Gasteiger partial charge >= 0.3 is 10.5 Å². The van der Waals surface area contributed by atoms with Gasteiger partial charge in [-0.15, -0.1) is 0 Å². The molecule has 0 bridgehead atoms. The number of ether oxygens (including phenoxy) is 1. The van der Waals surface area contributed by atoms with Gasteiger partial charge in [-0.1, -0.05) is 91.0 Å². The van der Waals surface area contributed by atoms with E-state index in [2.05, 4.69) is 97.0 Å². The van der Waals surface area contributed by atoms with Crippen molar-refractivity contribution >= 4 is 27.2 Å². The first-order valence-electron chi connectivity index (χ1n) is 14.2. The van der Waals surface area contributed by atoms with Crippen molar-refractivity contribution in [2.24, 2.45) is 4.36 Å². The third kappa shape index (κ3) is 8.74. The molecule has 0 aromatic heterocycles. The van der Waals surface area contributed by atoms with Gasteiger partial charge < -0.3 is 10.1 Å². The molecule has 8 heteroatoms. The Morgan fingerprint density at radius 3 is 2.12 bits per heavy atom. The van der Waals surface area contributed by atoms with Crippen LogP contribution in [-0.4, -0.2) is 38.4 Å². The Morgan fingerprint density at radius 2 is 1.55 bits per heavy atom. The molecule has 1 heterocycles. The zero-order valence-electron chi connectivity index (χ0n) is 24.7. The minimum Gasteiger partial charge on any atom is -0.493 e. The third-order valence-corrected chi connectivity index (χ3v) is 7.88. The Balaban J connectivity index is 0.000000337. The van der Waals surface area contributed by atoms with Crippen LogP contribution in [0.5, 0.6) is 5.75 Å². The SMILES string of the molecule is CN(Cc1ccc2c(c1)OCCC2NC(=O)CC(N=S(=O)=O)c1ccccc1)C(C)(C)C.c1ccc2ccccc2c1. The highest BCUT2D eigenvalue weighted by Crippen LogP contribution is 2.34. The number of nitrogens with zero attached hydrogens (tertiary/aromatic N) is 2. The number of hydrogen-bond acceptors (Lipinski definition) is 6. The minimum atomic E-state index is -2.60. The Kier molecular flexibility index (Phi) is 10.5. The molecule has 2 atom stereocenters. The normalized spacial score (nSPS) is 15.0. The molecule has 42 heavy (non-hydrogen) atoms. The fourth-order valence-corrected chi connectivity index (χ4v) is 5.15. The van der Waals surface area contributed by atoms with Gasteiger partial charge in [-0.05, 0) is 55.8 Å². The summed E-state index contributed by atoms with van der Waals surface area (Å²) >= 11 is 0. The average molecular weight is 586 g/mol. The molecule has 7 nitrogen and oxygen atoms in total. The van der Waals surface area contributed by atoms with Gasteiger partial charge in [0, 0.05) is 24.1 Å². The lowest BCUT2D eigenvalue weighted by Gasteiger charge is -2.32. The number of benzene rings is 4. The molecule has 1 N–H and O–H groups in total. The summed E-state index contributed by atoms with van der Waals surface area (Å²) in [6.07, 6.45) is 0.611. The highest BCUT2D eigenvalue weighted by molar-refractivity contribution is 7.61. The molecule has 1 amide bonds. The first-order valence-corrected chi connectivity index (χ1v) is 15.2. The van der Waals surface area contributed by atoms with E-state index in [1.54, 1.807) is 24.3 Å². The second-order valence-electron chi connectivity index (χ2n) is 11.5.